The predicted octanol–water partition coefficient (Wildman–Crippen LogP) is 4.50. The smallest absolute Gasteiger partial charge is 0.270 e. The van der Waals surface area contributed by atoms with Crippen LogP contribution in [0.15, 0.2) is 53.5 Å². The van der Waals surface area contributed by atoms with Crippen molar-refractivity contribution in [3.05, 3.63) is 64.2 Å². The van der Waals surface area contributed by atoms with Gasteiger partial charge in [0, 0.05) is 24.9 Å². The first-order valence-corrected chi connectivity index (χ1v) is 7.93. The number of rotatable bonds is 6. The largest absolute Gasteiger partial charge is 0.308 e. The summed E-state index contributed by atoms with van der Waals surface area (Å²) in [6, 6.07) is 14.3. The van der Waals surface area contributed by atoms with Crippen LogP contribution in [-0.2, 0) is 6.54 Å². The molecule has 0 fully saturated rings. The van der Waals surface area contributed by atoms with Gasteiger partial charge in [0.1, 0.15) is 0 Å². The normalized spacial score (nSPS) is 11.4. The number of nitrogens with zero attached hydrogens (tertiary/aromatic N) is 4. The number of unbranched alkanes of at least 4 members (excludes halogenated alkanes) is 1. The van der Waals surface area contributed by atoms with Gasteiger partial charge in [-0.2, -0.15) is 0 Å². The molecule has 0 aliphatic rings. The third-order valence-electron chi connectivity index (χ3n) is 3.78. The number of fused-ring (bicyclic) bond motifs is 1. The Balaban J connectivity index is 1.96. The first-order valence-electron chi connectivity index (χ1n) is 7.93. The highest BCUT2D eigenvalue weighted by Crippen LogP contribution is 2.22. The lowest BCUT2D eigenvalue weighted by Crippen LogP contribution is -1.97. The molecule has 0 saturated carbocycles. The van der Waals surface area contributed by atoms with Crippen LogP contribution in [0.2, 0.25) is 0 Å². The minimum atomic E-state index is -0.409. The molecule has 122 valence electrons. The summed E-state index contributed by atoms with van der Waals surface area (Å²) in [7, 11) is 0. The number of nitro groups is 1. The van der Waals surface area contributed by atoms with Gasteiger partial charge in [-0.05, 0) is 24.1 Å². The Labute approximate surface area is 139 Å². The van der Waals surface area contributed by atoms with Crippen molar-refractivity contribution in [2.75, 3.05) is 0 Å². The Morgan fingerprint density at radius 2 is 2.08 bits per heavy atom. The molecule has 6 nitrogen and oxygen atoms in total. The van der Waals surface area contributed by atoms with Crippen LogP contribution in [0.25, 0.3) is 11.0 Å². The quantitative estimate of drug-likeness (QED) is 0.381. The molecule has 0 aliphatic carbocycles. The maximum absolute atomic E-state index is 10.9. The van der Waals surface area contributed by atoms with Crippen LogP contribution in [0.1, 0.15) is 25.3 Å². The monoisotopic (exact) mass is 322 g/mol. The van der Waals surface area contributed by atoms with Crippen LogP contribution in [-0.4, -0.2) is 20.7 Å². The van der Waals surface area contributed by atoms with E-state index < -0.39 is 4.92 Å². The molecule has 1 heterocycles. The van der Waals surface area contributed by atoms with E-state index in [-0.39, 0.29) is 5.69 Å². The number of imidazole rings is 1. The van der Waals surface area contributed by atoms with Crippen LogP contribution in [0, 0.1) is 10.1 Å². The SMILES string of the molecule is CCCCn1c(/N=C/c2cccc([N+](=O)[O-])c2)nc2ccccc21. The van der Waals surface area contributed by atoms with Crippen LogP contribution in [0.3, 0.4) is 0 Å². The first kappa shape index (κ1) is 15.9. The molecule has 1 aromatic heterocycles. The van der Waals surface area contributed by atoms with Crippen molar-refractivity contribution in [3.8, 4) is 0 Å². The fraction of sp³-hybridized carbons (Fsp3) is 0.222. The van der Waals surface area contributed by atoms with Crippen molar-refractivity contribution >= 4 is 28.9 Å². The third kappa shape index (κ3) is 3.32. The molecule has 24 heavy (non-hydrogen) atoms. The van der Waals surface area contributed by atoms with Crippen LogP contribution < -0.4 is 0 Å². The summed E-state index contributed by atoms with van der Waals surface area (Å²) in [5.74, 6) is 0.621. The summed E-state index contributed by atoms with van der Waals surface area (Å²) in [5.41, 5.74) is 2.69. The molecule has 2 aromatic carbocycles. The van der Waals surface area contributed by atoms with Gasteiger partial charge < -0.3 is 4.57 Å². The van der Waals surface area contributed by atoms with Gasteiger partial charge in [-0.15, -0.1) is 0 Å². The first-order chi connectivity index (χ1) is 11.7. The molecule has 3 aromatic rings. The highest BCUT2D eigenvalue weighted by molar-refractivity contribution is 5.84. The van der Waals surface area contributed by atoms with E-state index in [9.17, 15) is 10.1 Å². The summed E-state index contributed by atoms with van der Waals surface area (Å²) in [5, 5.41) is 10.9. The maximum Gasteiger partial charge on any atom is 0.270 e. The Kier molecular flexibility index (Phi) is 4.65. The second kappa shape index (κ2) is 7.04. The summed E-state index contributed by atoms with van der Waals surface area (Å²) < 4.78 is 2.09. The maximum atomic E-state index is 10.9. The Hall–Kier alpha value is -3.02. The van der Waals surface area contributed by atoms with Gasteiger partial charge in [0.2, 0.25) is 5.95 Å². The topological polar surface area (TPSA) is 73.3 Å². The molecular formula is C18H18N4O2. The van der Waals surface area contributed by atoms with E-state index in [1.54, 1.807) is 18.3 Å². The Morgan fingerprint density at radius 1 is 1.25 bits per heavy atom. The molecule has 0 unspecified atom stereocenters. The average Bonchev–Trinajstić information content (AvgIpc) is 2.96. The second-order valence-electron chi connectivity index (χ2n) is 5.52. The van der Waals surface area contributed by atoms with Gasteiger partial charge in [-0.25, -0.2) is 9.98 Å². The van der Waals surface area contributed by atoms with Crippen LogP contribution in [0.5, 0.6) is 0 Å². The highest BCUT2D eigenvalue weighted by Gasteiger charge is 2.09. The number of aliphatic imine (C=N–C) groups is 1. The minimum absolute atomic E-state index is 0.0541. The number of aryl methyl sites for hydroxylation is 1. The number of aromatic nitrogens is 2. The lowest BCUT2D eigenvalue weighted by molar-refractivity contribution is -0.384. The van der Waals surface area contributed by atoms with E-state index in [0.29, 0.717) is 11.5 Å². The zero-order valence-electron chi connectivity index (χ0n) is 13.4. The van der Waals surface area contributed by atoms with E-state index >= 15 is 0 Å². The number of non-ortho nitro benzene ring substituents is 1. The molecule has 3 rings (SSSR count). The van der Waals surface area contributed by atoms with Crippen molar-refractivity contribution < 1.29 is 4.92 Å². The molecule has 0 spiro atoms. The zero-order valence-corrected chi connectivity index (χ0v) is 13.4. The van der Waals surface area contributed by atoms with Crippen LogP contribution >= 0.6 is 0 Å². The average molecular weight is 322 g/mol. The number of nitro benzene ring substituents is 1. The Bertz CT molecular complexity index is 899. The fourth-order valence-electron chi connectivity index (χ4n) is 2.55. The molecule has 0 aliphatic heterocycles. The number of hydrogen-bond acceptors (Lipinski definition) is 4. The summed E-state index contributed by atoms with van der Waals surface area (Å²) in [4.78, 5) is 19.5. The van der Waals surface area contributed by atoms with Crippen LogP contribution in [0.4, 0.5) is 11.6 Å². The lowest BCUT2D eigenvalue weighted by Gasteiger charge is -2.04. The second-order valence-corrected chi connectivity index (χ2v) is 5.52. The summed E-state index contributed by atoms with van der Waals surface area (Å²) in [6.07, 6.45) is 3.75. The lowest BCUT2D eigenvalue weighted by atomic mass is 10.2. The van der Waals surface area contributed by atoms with Gasteiger partial charge in [0.25, 0.3) is 5.69 Å². The van der Waals surface area contributed by atoms with Gasteiger partial charge in [-0.3, -0.25) is 10.1 Å². The Morgan fingerprint density at radius 3 is 2.88 bits per heavy atom. The predicted molar refractivity (Wildman–Crippen MR) is 95.0 cm³/mol. The van der Waals surface area contributed by atoms with Gasteiger partial charge in [0.05, 0.1) is 16.0 Å². The van der Waals surface area contributed by atoms with Crippen molar-refractivity contribution in [2.24, 2.45) is 4.99 Å². The molecule has 0 N–H and O–H groups in total. The van der Waals surface area contributed by atoms with Gasteiger partial charge >= 0.3 is 0 Å². The fourth-order valence-corrected chi connectivity index (χ4v) is 2.55. The van der Waals surface area contributed by atoms with E-state index in [2.05, 4.69) is 21.5 Å². The zero-order chi connectivity index (χ0) is 16.9. The standard InChI is InChI=1S/C18H18N4O2/c1-2-3-11-21-17-10-5-4-9-16(17)20-18(21)19-13-14-7-6-8-15(12-14)22(23)24/h4-10,12-13H,2-3,11H2,1H3/b19-13+. The van der Waals surface area contributed by atoms with Crippen molar-refractivity contribution in [2.45, 2.75) is 26.3 Å². The van der Waals surface area contributed by atoms with Gasteiger partial charge in [0.15, 0.2) is 0 Å². The molecule has 6 heteroatoms. The van der Waals surface area contributed by atoms with Crippen molar-refractivity contribution in [1.82, 2.24) is 9.55 Å². The molecular weight excluding hydrogens is 304 g/mol. The minimum Gasteiger partial charge on any atom is -0.308 e. The van der Waals surface area contributed by atoms with Crippen molar-refractivity contribution in [3.63, 3.8) is 0 Å². The molecule has 0 radical (unpaired) electrons. The highest BCUT2D eigenvalue weighted by atomic mass is 16.6. The third-order valence-corrected chi connectivity index (χ3v) is 3.78. The number of hydrogen-bond donors (Lipinski definition) is 0. The summed E-state index contributed by atoms with van der Waals surface area (Å²) in [6.45, 7) is 2.99. The molecule has 0 amide bonds. The summed E-state index contributed by atoms with van der Waals surface area (Å²) >= 11 is 0. The number of para-hydroxylation sites is 2. The molecule has 0 atom stereocenters. The van der Waals surface area contributed by atoms with E-state index in [1.165, 1.54) is 12.1 Å². The van der Waals surface area contributed by atoms with E-state index in [0.717, 1.165) is 30.4 Å². The van der Waals surface area contributed by atoms with Gasteiger partial charge in [-0.1, -0.05) is 37.6 Å². The number of benzene rings is 2. The van der Waals surface area contributed by atoms with Crippen molar-refractivity contribution in [1.29, 1.82) is 0 Å². The van der Waals surface area contributed by atoms with E-state index in [4.69, 9.17) is 0 Å². The molecule has 0 saturated heterocycles. The molecule has 0 bridgehead atoms. The van der Waals surface area contributed by atoms with E-state index in [1.807, 2.05) is 24.3 Å².